The predicted octanol–water partition coefficient (Wildman–Crippen LogP) is 2.92. The van der Waals surface area contributed by atoms with E-state index in [1.807, 2.05) is 6.33 Å². The summed E-state index contributed by atoms with van der Waals surface area (Å²) >= 11 is 0. The van der Waals surface area contributed by atoms with E-state index in [1.54, 1.807) is 0 Å². The van der Waals surface area contributed by atoms with Gasteiger partial charge in [0.05, 0.1) is 6.33 Å². The summed E-state index contributed by atoms with van der Waals surface area (Å²) in [7, 11) is 0. The van der Waals surface area contributed by atoms with Crippen molar-refractivity contribution in [3.8, 4) is 0 Å². The average molecular weight is 506 g/mol. The number of imidazole rings is 1. The normalized spacial score (nSPS) is 18.1. The molecule has 0 atom stereocenters. The summed E-state index contributed by atoms with van der Waals surface area (Å²) in [4.78, 5) is 24.8. The van der Waals surface area contributed by atoms with E-state index in [2.05, 4.69) is 74.5 Å². The number of hydrogen-bond acceptors (Lipinski definition) is 8. The summed E-state index contributed by atoms with van der Waals surface area (Å²) in [5.74, 6) is 1.64. The predicted molar refractivity (Wildman–Crippen MR) is 151 cm³/mol. The Balaban J connectivity index is 1.32. The van der Waals surface area contributed by atoms with Gasteiger partial charge in [-0.2, -0.15) is 9.97 Å². The molecule has 0 radical (unpaired) electrons. The zero-order valence-electron chi connectivity index (χ0n) is 22.9. The molecule has 2 saturated heterocycles. The van der Waals surface area contributed by atoms with Crippen molar-refractivity contribution in [3.63, 3.8) is 0 Å². The quantitative estimate of drug-likeness (QED) is 0.451. The van der Waals surface area contributed by atoms with Gasteiger partial charge in [-0.25, -0.2) is 4.98 Å². The van der Waals surface area contributed by atoms with Crippen LogP contribution in [-0.2, 0) is 13.1 Å². The maximum atomic E-state index is 4.99. The van der Waals surface area contributed by atoms with Crippen LogP contribution in [0.1, 0.15) is 31.4 Å². The van der Waals surface area contributed by atoms with Crippen molar-refractivity contribution >= 4 is 22.9 Å². The Kier molecular flexibility index (Phi) is 8.53. The van der Waals surface area contributed by atoms with Gasteiger partial charge in [0, 0.05) is 65.4 Å². The molecule has 1 N–H and O–H groups in total. The van der Waals surface area contributed by atoms with Gasteiger partial charge in [-0.1, -0.05) is 43.7 Å². The Bertz CT molecular complexity index is 1130. The SMILES string of the molecule is CCN1CCN(CCCn2cnc3c(N4CCN(CC)CC4)nc(NCc4ccc(C)cc4)nc32)CC1. The fourth-order valence-corrected chi connectivity index (χ4v) is 5.35. The summed E-state index contributed by atoms with van der Waals surface area (Å²) < 4.78 is 2.22. The highest BCUT2D eigenvalue weighted by Crippen LogP contribution is 2.26. The highest BCUT2D eigenvalue weighted by molar-refractivity contribution is 5.85. The number of aromatic nitrogens is 4. The number of aryl methyl sites for hydroxylation is 2. The van der Waals surface area contributed by atoms with Gasteiger partial charge in [0.1, 0.15) is 0 Å². The van der Waals surface area contributed by atoms with E-state index in [0.29, 0.717) is 12.5 Å². The smallest absolute Gasteiger partial charge is 0.227 e. The van der Waals surface area contributed by atoms with Crippen molar-refractivity contribution < 1.29 is 0 Å². The summed E-state index contributed by atoms with van der Waals surface area (Å²) in [6.07, 6.45) is 3.06. The van der Waals surface area contributed by atoms with Crippen molar-refractivity contribution in [2.75, 3.05) is 82.2 Å². The lowest BCUT2D eigenvalue weighted by Crippen LogP contribution is -2.46. The van der Waals surface area contributed by atoms with E-state index in [-0.39, 0.29) is 0 Å². The first-order valence-electron chi connectivity index (χ1n) is 14.1. The third-order valence-electron chi connectivity index (χ3n) is 7.92. The Labute approximate surface area is 221 Å². The van der Waals surface area contributed by atoms with Crippen LogP contribution in [0, 0.1) is 6.92 Å². The molecular formula is C28H43N9. The van der Waals surface area contributed by atoms with E-state index in [4.69, 9.17) is 15.0 Å². The monoisotopic (exact) mass is 505 g/mol. The number of nitrogens with one attached hydrogen (secondary N) is 1. The van der Waals surface area contributed by atoms with E-state index >= 15 is 0 Å². The average Bonchev–Trinajstić information content (AvgIpc) is 3.35. The fourth-order valence-electron chi connectivity index (χ4n) is 5.35. The van der Waals surface area contributed by atoms with Crippen LogP contribution in [0.5, 0.6) is 0 Å². The summed E-state index contributed by atoms with van der Waals surface area (Å²) in [6.45, 7) is 20.3. The lowest BCUT2D eigenvalue weighted by atomic mass is 10.1. The van der Waals surface area contributed by atoms with E-state index in [1.165, 1.54) is 37.3 Å². The third-order valence-corrected chi connectivity index (χ3v) is 7.92. The molecule has 4 heterocycles. The Morgan fingerprint density at radius 3 is 2.11 bits per heavy atom. The second kappa shape index (κ2) is 12.2. The van der Waals surface area contributed by atoms with E-state index < -0.39 is 0 Å². The van der Waals surface area contributed by atoms with Gasteiger partial charge in [0.25, 0.3) is 0 Å². The first-order valence-corrected chi connectivity index (χ1v) is 14.1. The van der Waals surface area contributed by atoms with Crippen molar-refractivity contribution in [2.45, 2.75) is 40.3 Å². The lowest BCUT2D eigenvalue weighted by molar-refractivity contribution is 0.135. The molecule has 3 aromatic rings. The molecule has 0 bridgehead atoms. The highest BCUT2D eigenvalue weighted by Gasteiger charge is 2.23. The van der Waals surface area contributed by atoms with Crippen LogP contribution in [0.15, 0.2) is 30.6 Å². The Hall–Kier alpha value is -2.75. The van der Waals surface area contributed by atoms with Crippen LogP contribution in [0.25, 0.3) is 11.2 Å². The molecule has 200 valence electrons. The van der Waals surface area contributed by atoms with Gasteiger partial charge < -0.3 is 29.5 Å². The number of fused-ring (bicyclic) bond motifs is 1. The molecule has 0 amide bonds. The summed E-state index contributed by atoms with van der Waals surface area (Å²) in [5, 5.41) is 3.49. The molecule has 37 heavy (non-hydrogen) atoms. The van der Waals surface area contributed by atoms with Crippen molar-refractivity contribution in [1.29, 1.82) is 0 Å². The van der Waals surface area contributed by atoms with Crippen LogP contribution >= 0.6 is 0 Å². The highest BCUT2D eigenvalue weighted by atomic mass is 15.3. The molecule has 9 nitrogen and oxygen atoms in total. The fraction of sp³-hybridized carbons (Fsp3) is 0.607. The first kappa shape index (κ1) is 25.9. The van der Waals surface area contributed by atoms with Crippen LogP contribution < -0.4 is 10.2 Å². The number of rotatable bonds is 10. The van der Waals surface area contributed by atoms with Crippen molar-refractivity contribution in [2.24, 2.45) is 0 Å². The molecule has 2 aliphatic rings. The van der Waals surface area contributed by atoms with Crippen molar-refractivity contribution in [1.82, 2.24) is 34.2 Å². The minimum absolute atomic E-state index is 0.679. The van der Waals surface area contributed by atoms with Gasteiger partial charge in [0.2, 0.25) is 5.95 Å². The Morgan fingerprint density at radius 1 is 0.784 bits per heavy atom. The second-order valence-corrected chi connectivity index (χ2v) is 10.4. The maximum Gasteiger partial charge on any atom is 0.227 e. The number of anilines is 2. The lowest BCUT2D eigenvalue weighted by Gasteiger charge is -2.34. The molecule has 2 aliphatic heterocycles. The van der Waals surface area contributed by atoms with Gasteiger partial charge in [0.15, 0.2) is 17.0 Å². The van der Waals surface area contributed by atoms with E-state index in [0.717, 1.165) is 75.8 Å². The van der Waals surface area contributed by atoms with Crippen LogP contribution in [-0.4, -0.2) is 106 Å². The molecule has 0 spiro atoms. The summed E-state index contributed by atoms with van der Waals surface area (Å²) in [5.41, 5.74) is 4.35. The van der Waals surface area contributed by atoms with Crippen LogP contribution in [0.4, 0.5) is 11.8 Å². The zero-order chi connectivity index (χ0) is 25.6. The molecular weight excluding hydrogens is 462 g/mol. The Morgan fingerprint density at radius 2 is 1.43 bits per heavy atom. The standard InChI is InChI=1S/C28H43N9/c1-4-33-13-15-35(16-14-33)11-6-12-37-22-30-25-26(36-19-17-34(5-2)18-20-36)31-28(32-27(25)37)29-21-24-9-7-23(3)8-10-24/h7-10,22H,4-6,11-21H2,1-3H3,(H,29,31,32). The third kappa shape index (κ3) is 6.40. The molecule has 9 heteroatoms. The van der Waals surface area contributed by atoms with Crippen LogP contribution in [0.3, 0.4) is 0 Å². The van der Waals surface area contributed by atoms with Gasteiger partial charge in [-0.15, -0.1) is 0 Å². The van der Waals surface area contributed by atoms with Gasteiger partial charge in [-0.05, 0) is 38.5 Å². The molecule has 1 aromatic carbocycles. The maximum absolute atomic E-state index is 4.99. The molecule has 2 aromatic heterocycles. The van der Waals surface area contributed by atoms with Gasteiger partial charge in [-0.3, -0.25) is 0 Å². The van der Waals surface area contributed by atoms with E-state index in [9.17, 15) is 0 Å². The van der Waals surface area contributed by atoms with Gasteiger partial charge >= 0.3 is 0 Å². The molecule has 5 rings (SSSR count). The molecule has 0 saturated carbocycles. The number of hydrogen-bond donors (Lipinski definition) is 1. The minimum atomic E-state index is 0.679. The number of benzene rings is 1. The van der Waals surface area contributed by atoms with Crippen LogP contribution in [0.2, 0.25) is 0 Å². The number of nitrogens with zero attached hydrogens (tertiary/aromatic N) is 8. The topological polar surface area (TPSA) is 68.6 Å². The molecule has 0 unspecified atom stereocenters. The molecule has 2 fully saturated rings. The molecule has 0 aliphatic carbocycles. The summed E-state index contributed by atoms with van der Waals surface area (Å²) in [6, 6.07) is 8.63. The minimum Gasteiger partial charge on any atom is -0.352 e. The largest absolute Gasteiger partial charge is 0.352 e. The first-order chi connectivity index (χ1) is 18.1. The van der Waals surface area contributed by atoms with Crippen molar-refractivity contribution in [3.05, 3.63) is 41.7 Å². The zero-order valence-corrected chi connectivity index (χ0v) is 22.9. The second-order valence-electron chi connectivity index (χ2n) is 10.4. The number of piperazine rings is 2. The number of likely N-dealkylation sites (N-methyl/N-ethyl adjacent to an activating group) is 2.